The van der Waals surface area contributed by atoms with Gasteiger partial charge in [-0.15, -0.1) is 11.8 Å². The molecule has 1 amide bonds. The first-order chi connectivity index (χ1) is 13.2. The molecule has 3 fully saturated rings. The van der Waals surface area contributed by atoms with Crippen LogP contribution in [0.4, 0.5) is 5.69 Å². The van der Waals surface area contributed by atoms with Crippen molar-refractivity contribution in [3.8, 4) is 0 Å². The van der Waals surface area contributed by atoms with Crippen molar-refractivity contribution < 1.29 is 4.79 Å². The van der Waals surface area contributed by atoms with Crippen molar-refractivity contribution in [2.24, 2.45) is 11.7 Å². The van der Waals surface area contributed by atoms with E-state index in [1.165, 1.54) is 18.5 Å². The highest BCUT2D eigenvalue weighted by Crippen LogP contribution is 2.31. The van der Waals surface area contributed by atoms with Gasteiger partial charge in [-0.3, -0.25) is 9.69 Å². The van der Waals surface area contributed by atoms with Crippen LogP contribution in [-0.2, 0) is 4.79 Å². The lowest BCUT2D eigenvalue weighted by molar-refractivity contribution is -0.132. The molecule has 2 saturated heterocycles. The van der Waals surface area contributed by atoms with Gasteiger partial charge in [0.2, 0.25) is 5.91 Å². The molecule has 1 aromatic carbocycles. The molecule has 3 aliphatic rings. The summed E-state index contributed by atoms with van der Waals surface area (Å²) in [6, 6.07) is 11.1. The van der Waals surface area contributed by atoms with Crippen molar-refractivity contribution >= 4 is 23.4 Å². The number of carbonyl (C=O) groups excluding carboxylic acids is 1. The summed E-state index contributed by atoms with van der Waals surface area (Å²) < 4.78 is 0. The molecule has 0 bridgehead atoms. The lowest BCUT2D eigenvalue weighted by Crippen LogP contribution is -2.53. The highest BCUT2D eigenvalue weighted by Gasteiger charge is 2.35. The Balaban J connectivity index is 1.23. The number of nitrogens with two attached hydrogens (primary N) is 1. The molecule has 1 saturated carbocycles. The van der Waals surface area contributed by atoms with Gasteiger partial charge in [0.1, 0.15) is 0 Å². The molecule has 6 heteroatoms. The van der Waals surface area contributed by atoms with Gasteiger partial charge in [0, 0.05) is 50.2 Å². The second-order valence-corrected chi connectivity index (χ2v) is 9.17. The van der Waals surface area contributed by atoms with E-state index in [4.69, 9.17) is 5.73 Å². The molecule has 0 spiro atoms. The molecule has 0 unspecified atom stereocenters. The number of amides is 1. The second-order valence-electron chi connectivity index (χ2n) is 8.09. The molecular weight excluding hydrogens is 356 g/mol. The topological polar surface area (TPSA) is 52.8 Å². The van der Waals surface area contributed by atoms with Crippen LogP contribution in [0.15, 0.2) is 30.3 Å². The molecule has 148 valence electrons. The van der Waals surface area contributed by atoms with Gasteiger partial charge in [-0.2, -0.15) is 0 Å². The number of anilines is 1. The summed E-state index contributed by atoms with van der Waals surface area (Å²) >= 11 is 1.83. The van der Waals surface area contributed by atoms with E-state index in [-0.39, 0.29) is 11.9 Å². The molecule has 0 aromatic heterocycles. The third kappa shape index (κ3) is 4.44. The average Bonchev–Trinajstić information content (AvgIpc) is 3.28. The standard InChI is InChI=1S/C21H32N4OS/c22-20(21(26)25-14-15-27-16-25)17-6-8-19(9-7-17)24-12-10-23(11-13-24)18-4-2-1-3-5-18/h1-5,17,19-20H,6-16,22H2/t17-,19+,20-/m0/s1. The number of hydrogen-bond acceptors (Lipinski definition) is 5. The zero-order chi connectivity index (χ0) is 18.6. The van der Waals surface area contributed by atoms with Crippen LogP contribution in [0.25, 0.3) is 0 Å². The predicted octanol–water partition coefficient (Wildman–Crippen LogP) is 2.23. The minimum absolute atomic E-state index is 0.180. The summed E-state index contributed by atoms with van der Waals surface area (Å²) in [5.41, 5.74) is 7.70. The largest absolute Gasteiger partial charge is 0.369 e. The van der Waals surface area contributed by atoms with E-state index in [1.807, 2.05) is 16.7 Å². The van der Waals surface area contributed by atoms with Crippen molar-refractivity contribution in [2.75, 3.05) is 49.3 Å². The van der Waals surface area contributed by atoms with Crippen LogP contribution in [-0.4, -0.2) is 72.1 Å². The van der Waals surface area contributed by atoms with Crippen molar-refractivity contribution in [1.29, 1.82) is 0 Å². The third-order valence-electron chi connectivity index (χ3n) is 6.55. The minimum Gasteiger partial charge on any atom is -0.369 e. The highest BCUT2D eigenvalue weighted by molar-refractivity contribution is 7.99. The molecule has 27 heavy (non-hydrogen) atoms. The van der Waals surface area contributed by atoms with E-state index in [9.17, 15) is 4.79 Å². The normalized spacial score (nSPS) is 28.3. The molecule has 0 radical (unpaired) electrons. The Hall–Kier alpha value is -1.24. The summed E-state index contributed by atoms with van der Waals surface area (Å²) in [5, 5.41) is 0. The maximum atomic E-state index is 12.6. The number of rotatable bonds is 4. The summed E-state index contributed by atoms with van der Waals surface area (Å²) in [7, 11) is 0. The van der Waals surface area contributed by atoms with E-state index >= 15 is 0 Å². The van der Waals surface area contributed by atoms with E-state index in [2.05, 4.69) is 40.1 Å². The van der Waals surface area contributed by atoms with Gasteiger partial charge < -0.3 is 15.5 Å². The monoisotopic (exact) mass is 388 g/mol. The number of hydrogen-bond donors (Lipinski definition) is 1. The van der Waals surface area contributed by atoms with E-state index < -0.39 is 0 Å². The van der Waals surface area contributed by atoms with E-state index in [0.717, 1.165) is 57.2 Å². The van der Waals surface area contributed by atoms with E-state index in [0.29, 0.717) is 12.0 Å². The zero-order valence-electron chi connectivity index (χ0n) is 16.1. The number of benzene rings is 1. The van der Waals surface area contributed by atoms with Gasteiger partial charge in [0.15, 0.2) is 0 Å². The molecule has 1 aromatic rings. The fraction of sp³-hybridized carbons (Fsp3) is 0.667. The van der Waals surface area contributed by atoms with Crippen LogP contribution in [0.2, 0.25) is 0 Å². The first-order valence-electron chi connectivity index (χ1n) is 10.4. The van der Waals surface area contributed by atoms with Gasteiger partial charge in [-0.1, -0.05) is 18.2 Å². The number of para-hydroxylation sites is 1. The number of piperazine rings is 1. The molecular formula is C21H32N4OS. The Kier molecular flexibility index (Phi) is 6.25. The maximum Gasteiger partial charge on any atom is 0.240 e. The summed E-state index contributed by atoms with van der Waals surface area (Å²) in [5.74, 6) is 2.43. The highest BCUT2D eigenvalue weighted by atomic mass is 32.2. The van der Waals surface area contributed by atoms with Gasteiger partial charge >= 0.3 is 0 Å². The van der Waals surface area contributed by atoms with Crippen LogP contribution in [0.3, 0.4) is 0 Å². The Morgan fingerprint density at radius 3 is 2.33 bits per heavy atom. The Morgan fingerprint density at radius 2 is 1.70 bits per heavy atom. The molecule has 2 heterocycles. The molecule has 1 aliphatic carbocycles. The van der Waals surface area contributed by atoms with Gasteiger partial charge in [0.05, 0.1) is 11.9 Å². The van der Waals surface area contributed by atoms with Crippen molar-refractivity contribution in [1.82, 2.24) is 9.80 Å². The van der Waals surface area contributed by atoms with Crippen LogP contribution < -0.4 is 10.6 Å². The Labute approximate surface area is 167 Å². The fourth-order valence-corrected chi connectivity index (χ4v) is 5.77. The van der Waals surface area contributed by atoms with Crippen LogP contribution in [0.5, 0.6) is 0 Å². The first-order valence-corrected chi connectivity index (χ1v) is 11.5. The van der Waals surface area contributed by atoms with Gasteiger partial charge in [-0.25, -0.2) is 0 Å². The Bertz CT molecular complexity index is 606. The van der Waals surface area contributed by atoms with E-state index in [1.54, 1.807) is 0 Å². The zero-order valence-corrected chi connectivity index (χ0v) is 16.9. The SMILES string of the molecule is N[C@H](C(=O)N1CCSC1)[C@H]1CC[C@@H](N2CCN(c3ccccc3)CC2)CC1. The van der Waals surface area contributed by atoms with Crippen LogP contribution >= 0.6 is 11.8 Å². The summed E-state index contributed by atoms with van der Waals surface area (Å²) in [6.07, 6.45) is 4.56. The van der Waals surface area contributed by atoms with Crippen LogP contribution in [0.1, 0.15) is 25.7 Å². The van der Waals surface area contributed by atoms with Crippen molar-refractivity contribution in [3.05, 3.63) is 30.3 Å². The second kappa shape index (κ2) is 8.84. The van der Waals surface area contributed by atoms with Crippen molar-refractivity contribution in [3.63, 3.8) is 0 Å². The van der Waals surface area contributed by atoms with Crippen LogP contribution in [0, 0.1) is 5.92 Å². The third-order valence-corrected chi connectivity index (χ3v) is 7.52. The lowest BCUT2D eigenvalue weighted by atomic mass is 9.80. The number of thioether (sulfide) groups is 1. The Morgan fingerprint density at radius 1 is 1.00 bits per heavy atom. The smallest absolute Gasteiger partial charge is 0.240 e. The molecule has 4 rings (SSSR count). The molecule has 2 N–H and O–H groups in total. The minimum atomic E-state index is -0.292. The first kappa shape index (κ1) is 19.1. The quantitative estimate of drug-likeness (QED) is 0.857. The predicted molar refractivity (Wildman–Crippen MR) is 113 cm³/mol. The van der Waals surface area contributed by atoms with Gasteiger partial charge in [-0.05, 0) is 43.7 Å². The molecule has 1 atom stereocenters. The number of carbonyl (C=O) groups is 1. The van der Waals surface area contributed by atoms with Crippen molar-refractivity contribution in [2.45, 2.75) is 37.8 Å². The fourth-order valence-electron chi connectivity index (χ4n) is 4.81. The number of nitrogens with zero attached hydrogens (tertiary/aromatic N) is 3. The average molecular weight is 389 g/mol. The van der Waals surface area contributed by atoms with Gasteiger partial charge in [0.25, 0.3) is 0 Å². The molecule has 5 nitrogen and oxygen atoms in total. The summed E-state index contributed by atoms with van der Waals surface area (Å²) in [4.78, 5) is 19.7. The summed E-state index contributed by atoms with van der Waals surface area (Å²) in [6.45, 7) is 5.36. The maximum absolute atomic E-state index is 12.6. The lowest BCUT2D eigenvalue weighted by Gasteiger charge is -2.43. The molecule has 2 aliphatic heterocycles.